The normalized spacial score (nSPS) is 16.5. The highest BCUT2D eigenvalue weighted by atomic mass is 127. The monoisotopic (exact) mass is 696 g/mol. The number of hydrogen-bond donors (Lipinski definition) is 1. The molecule has 0 spiro atoms. The number of ether oxygens (including phenoxy) is 3. The number of carbonyl (C=O) groups excluding carboxylic acids is 1. The minimum atomic E-state index is -0.736. The van der Waals surface area contributed by atoms with E-state index in [1.807, 2.05) is 35.6 Å². The quantitative estimate of drug-likeness (QED) is 0.304. The third-order valence-corrected chi connectivity index (χ3v) is 8.35. The van der Waals surface area contributed by atoms with Crippen molar-refractivity contribution in [2.75, 3.05) is 13.4 Å². The summed E-state index contributed by atoms with van der Waals surface area (Å²) in [4.78, 5) is 32.4. The number of phenols is 1. The number of phenolic OH excluding ortho intramolecular Hbond substituents is 1. The van der Waals surface area contributed by atoms with Gasteiger partial charge in [-0.15, -0.1) is 0 Å². The Balaban J connectivity index is 1.76. The van der Waals surface area contributed by atoms with Crippen LogP contribution in [-0.4, -0.2) is 29.0 Å². The van der Waals surface area contributed by atoms with Gasteiger partial charge in [0.1, 0.15) is 5.75 Å². The van der Waals surface area contributed by atoms with Crippen molar-refractivity contribution < 1.29 is 24.1 Å². The van der Waals surface area contributed by atoms with Gasteiger partial charge in [0.2, 0.25) is 6.79 Å². The topological polar surface area (TPSA) is 99.4 Å². The van der Waals surface area contributed by atoms with Crippen LogP contribution in [0.25, 0.3) is 6.08 Å². The van der Waals surface area contributed by atoms with E-state index in [-0.39, 0.29) is 24.7 Å². The van der Waals surface area contributed by atoms with Gasteiger partial charge in [0.05, 0.1) is 36.5 Å². The van der Waals surface area contributed by atoms with Crippen molar-refractivity contribution in [2.24, 2.45) is 4.99 Å². The lowest BCUT2D eigenvalue weighted by Gasteiger charge is -2.25. The first-order valence-electron chi connectivity index (χ1n) is 11.6. The minimum absolute atomic E-state index is 0.115. The summed E-state index contributed by atoms with van der Waals surface area (Å²) >= 11 is 6.66. The summed E-state index contributed by atoms with van der Waals surface area (Å²) in [6.07, 6.45) is 3.09. The molecular formula is C26H22BrIN2O6S. The standard InChI is InChI=1S/C26H22BrIN2O6S/c1-3-5-17-21(25(33)34-4-2)22(14-6-7-18-19(11-14)36-12-35-18)30-24(32)20(37-26(30)29-17)10-13-8-15(27)23(31)16(28)9-13/h6-11,22,31H,3-5,12H2,1-2H3/b20-10-/t22-/m1/s1. The molecule has 37 heavy (non-hydrogen) atoms. The molecule has 0 saturated heterocycles. The highest BCUT2D eigenvalue weighted by molar-refractivity contribution is 14.1. The van der Waals surface area contributed by atoms with Crippen LogP contribution in [-0.2, 0) is 9.53 Å². The summed E-state index contributed by atoms with van der Waals surface area (Å²) < 4.78 is 19.7. The predicted octanol–water partition coefficient (Wildman–Crippen LogP) is 4.38. The lowest BCUT2D eigenvalue weighted by molar-refractivity contribution is -0.139. The molecule has 0 fully saturated rings. The number of esters is 1. The minimum Gasteiger partial charge on any atom is -0.506 e. The molecule has 192 valence electrons. The van der Waals surface area contributed by atoms with Crippen LogP contribution < -0.4 is 24.4 Å². The van der Waals surface area contributed by atoms with E-state index in [2.05, 4.69) is 15.9 Å². The Labute approximate surface area is 238 Å². The lowest BCUT2D eigenvalue weighted by Crippen LogP contribution is -2.40. The van der Waals surface area contributed by atoms with Gasteiger partial charge in [-0.25, -0.2) is 9.79 Å². The van der Waals surface area contributed by atoms with Gasteiger partial charge in [-0.3, -0.25) is 9.36 Å². The molecular weight excluding hydrogens is 675 g/mol. The average molecular weight is 697 g/mol. The average Bonchev–Trinajstić information content (AvgIpc) is 3.45. The highest BCUT2D eigenvalue weighted by Gasteiger charge is 2.35. The molecule has 2 aliphatic heterocycles. The maximum absolute atomic E-state index is 13.9. The second-order valence-electron chi connectivity index (χ2n) is 8.36. The van der Waals surface area contributed by atoms with E-state index in [4.69, 9.17) is 19.2 Å². The zero-order valence-electron chi connectivity index (χ0n) is 19.9. The zero-order valence-corrected chi connectivity index (χ0v) is 24.5. The van der Waals surface area contributed by atoms with E-state index >= 15 is 0 Å². The third-order valence-electron chi connectivity index (χ3n) is 5.94. The molecule has 5 rings (SSSR count). The van der Waals surface area contributed by atoms with Crippen LogP contribution in [0.4, 0.5) is 0 Å². The van der Waals surface area contributed by atoms with Crippen molar-refractivity contribution in [1.82, 2.24) is 4.57 Å². The van der Waals surface area contributed by atoms with Gasteiger partial charge in [0.15, 0.2) is 16.3 Å². The summed E-state index contributed by atoms with van der Waals surface area (Å²) in [7, 11) is 0. The summed E-state index contributed by atoms with van der Waals surface area (Å²) in [5.41, 5.74) is 2.13. The van der Waals surface area contributed by atoms with Crippen LogP contribution in [0.5, 0.6) is 17.2 Å². The SMILES string of the molecule is CCCC1=C(C(=O)OCC)[C@@H](c2ccc3c(c2)OCO3)n2c(s/c(=C\c3cc(Br)c(O)c(I)c3)c2=O)=N1. The molecule has 0 unspecified atom stereocenters. The highest BCUT2D eigenvalue weighted by Crippen LogP contribution is 2.39. The number of rotatable bonds is 6. The van der Waals surface area contributed by atoms with Gasteiger partial charge < -0.3 is 19.3 Å². The van der Waals surface area contributed by atoms with Crippen molar-refractivity contribution >= 4 is 61.9 Å². The van der Waals surface area contributed by atoms with Crippen LogP contribution >= 0.6 is 49.9 Å². The summed E-state index contributed by atoms with van der Waals surface area (Å²) in [5, 5.41) is 10.1. The molecule has 0 aliphatic carbocycles. The molecule has 2 aliphatic rings. The van der Waals surface area contributed by atoms with Crippen molar-refractivity contribution in [3.63, 3.8) is 0 Å². The van der Waals surface area contributed by atoms with E-state index < -0.39 is 12.0 Å². The first kappa shape index (κ1) is 26.0. The number of aromatic nitrogens is 1. The molecule has 1 aromatic heterocycles. The Hall–Kier alpha value is -2.64. The number of allylic oxidation sites excluding steroid dienone is 1. The van der Waals surface area contributed by atoms with Gasteiger partial charge >= 0.3 is 5.97 Å². The van der Waals surface area contributed by atoms with Gasteiger partial charge in [0.25, 0.3) is 5.56 Å². The Morgan fingerprint density at radius 1 is 1.30 bits per heavy atom. The van der Waals surface area contributed by atoms with Crippen molar-refractivity contribution in [1.29, 1.82) is 0 Å². The number of aromatic hydroxyl groups is 1. The van der Waals surface area contributed by atoms with Crippen LogP contribution in [0.3, 0.4) is 0 Å². The number of nitrogens with zero attached hydrogens (tertiary/aromatic N) is 2. The molecule has 0 radical (unpaired) electrons. The van der Waals surface area contributed by atoms with Gasteiger partial charge in [-0.2, -0.15) is 0 Å². The van der Waals surface area contributed by atoms with Crippen molar-refractivity contribution in [3.05, 3.63) is 80.5 Å². The number of thiazole rings is 1. The number of hydrogen-bond acceptors (Lipinski definition) is 8. The molecule has 1 atom stereocenters. The molecule has 1 N–H and O–H groups in total. The largest absolute Gasteiger partial charge is 0.506 e. The molecule has 3 heterocycles. The van der Waals surface area contributed by atoms with E-state index in [1.165, 1.54) is 11.3 Å². The maximum Gasteiger partial charge on any atom is 0.338 e. The summed E-state index contributed by atoms with van der Waals surface area (Å²) in [6.45, 7) is 4.08. The Bertz CT molecular complexity index is 1600. The lowest BCUT2D eigenvalue weighted by atomic mass is 9.94. The van der Waals surface area contributed by atoms with E-state index in [9.17, 15) is 14.7 Å². The van der Waals surface area contributed by atoms with Gasteiger partial charge in [0, 0.05) is 0 Å². The molecule has 0 bridgehead atoms. The third kappa shape index (κ3) is 4.84. The number of carbonyl (C=O) groups is 1. The molecule has 3 aromatic rings. The zero-order chi connectivity index (χ0) is 26.3. The fraction of sp³-hybridized carbons (Fsp3) is 0.269. The smallest absolute Gasteiger partial charge is 0.338 e. The Morgan fingerprint density at radius 3 is 2.81 bits per heavy atom. The first-order chi connectivity index (χ1) is 17.8. The predicted molar refractivity (Wildman–Crippen MR) is 151 cm³/mol. The van der Waals surface area contributed by atoms with Crippen molar-refractivity contribution in [3.8, 4) is 17.2 Å². The van der Waals surface area contributed by atoms with Crippen LogP contribution in [0.1, 0.15) is 43.9 Å². The molecule has 8 nitrogen and oxygen atoms in total. The number of fused-ring (bicyclic) bond motifs is 2. The van der Waals surface area contributed by atoms with E-state index in [1.54, 1.807) is 41.8 Å². The second kappa shape index (κ2) is 10.6. The first-order valence-corrected chi connectivity index (χ1v) is 14.3. The van der Waals surface area contributed by atoms with Crippen LogP contribution in [0.15, 0.2) is 55.9 Å². The molecule has 2 aromatic carbocycles. The van der Waals surface area contributed by atoms with Crippen molar-refractivity contribution in [2.45, 2.75) is 32.7 Å². The Kier molecular flexibility index (Phi) is 7.46. The summed E-state index contributed by atoms with van der Waals surface area (Å²) in [5.74, 6) is 0.813. The maximum atomic E-state index is 13.9. The van der Waals surface area contributed by atoms with Crippen LogP contribution in [0, 0.1) is 3.57 Å². The van der Waals surface area contributed by atoms with Crippen LogP contribution in [0.2, 0.25) is 0 Å². The fourth-order valence-electron chi connectivity index (χ4n) is 4.34. The second-order valence-corrected chi connectivity index (χ2v) is 11.4. The number of benzene rings is 2. The molecule has 0 amide bonds. The van der Waals surface area contributed by atoms with E-state index in [0.717, 1.165) is 12.0 Å². The van der Waals surface area contributed by atoms with E-state index in [0.29, 0.717) is 52.1 Å². The Morgan fingerprint density at radius 2 is 2.08 bits per heavy atom. The fourth-order valence-corrected chi connectivity index (χ4v) is 6.86. The summed E-state index contributed by atoms with van der Waals surface area (Å²) in [6, 6.07) is 8.23. The molecule has 0 saturated carbocycles. The molecule has 11 heteroatoms. The number of halogens is 2. The van der Waals surface area contributed by atoms with Gasteiger partial charge in [-0.1, -0.05) is 30.7 Å². The van der Waals surface area contributed by atoms with Gasteiger partial charge in [-0.05, 0) is 93.3 Å².